The molecule has 138 valence electrons. The maximum absolute atomic E-state index is 13.0. The van der Waals surface area contributed by atoms with Gasteiger partial charge >= 0.3 is 5.69 Å². The van der Waals surface area contributed by atoms with Crippen LogP contribution in [0.2, 0.25) is 0 Å². The van der Waals surface area contributed by atoms with Crippen LogP contribution in [0.25, 0.3) is 0 Å². The lowest BCUT2D eigenvalue weighted by Crippen LogP contribution is -2.30. The Morgan fingerprint density at radius 3 is 2.58 bits per heavy atom. The Bertz CT molecular complexity index is 934. The highest BCUT2D eigenvalue weighted by atomic mass is 79.9. The largest absolute Gasteiger partial charge is 0.490 e. The van der Waals surface area contributed by atoms with Crippen molar-refractivity contribution in [2.75, 3.05) is 19.4 Å². The minimum atomic E-state index is -3.71. The topological polar surface area (TPSA) is 89.8 Å². The number of ether oxygens (including phenoxy) is 1. The molecule has 1 aliphatic rings. The van der Waals surface area contributed by atoms with Crippen molar-refractivity contribution in [3.63, 3.8) is 0 Å². The highest BCUT2D eigenvalue weighted by molar-refractivity contribution is 9.10. The number of halogens is 1. The van der Waals surface area contributed by atoms with E-state index in [1.165, 1.54) is 47.4 Å². The highest BCUT2D eigenvalue weighted by Gasteiger charge is 2.37. The number of sulfonamides is 1. The molecule has 0 unspecified atom stereocenters. The van der Waals surface area contributed by atoms with E-state index in [1.807, 2.05) is 0 Å². The monoisotopic (exact) mass is 458 g/mol. The summed E-state index contributed by atoms with van der Waals surface area (Å²) in [6, 6.07) is 11.0. The molecular weight excluding hydrogens is 444 g/mol. The molecule has 2 aromatic carbocycles. The summed E-state index contributed by atoms with van der Waals surface area (Å²) in [4.78, 5) is 10.9. The number of nitro benzene ring substituents is 1. The Balaban J connectivity index is 1.99. The molecule has 1 fully saturated rings. The standard InChI is InChI=1S/C16H15BrN2O5S2/c1-24-15-7-2-11(10-14(15)19(20)21)16-18(8-9-25-16)26(22,23)13-5-3-12(17)4-6-13/h2-7,10,16H,8-9H2,1H3/t16-/m0/s1. The average molecular weight is 459 g/mol. The van der Waals surface area contributed by atoms with E-state index in [2.05, 4.69) is 15.9 Å². The molecule has 0 saturated carbocycles. The first-order valence-electron chi connectivity index (χ1n) is 7.56. The van der Waals surface area contributed by atoms with Crippen molar-refractivity contribution in [2.45, 2.75) is 10.3 Å². The molecule has 0 radical (unpaired) electrons. The van der Waals surface area contributed by atoms with Crippen LogP contribution in [0.15, 0.2) is 51.8 Å². The van der Waals surface area contributed by atoms with Crippen LogP contribution in [0.1, 0.15) is 10.9 Å². The number of nitro groups is 1. The molecule has 1 saturated heterocycles. The second-order valence-electron chi connectivity index (χ2n) is 5.48. The summed E-state index contributed by atoms with van der Waals surface area (Å²) in [6.07, 6.45) is 0. The predicted molar refractivity (Wildman–Crippen MR) is 103 cm³/mol. The van der Waals surface area contributed by atoms with E-state index in [-0.39, 0.29) is 16.3 Å². The molecule has 3 rings (SSSR count). The Kier molecular flexibility index (Phi) is 5.56. The summed E-state index contributed by atoms with van der Waals surface area (Å²) in [5.41, 5.74) is 0.374. The minimum Gasteiger partial charge on any atom is -0.490 e. The SMILES string of the molecule is COc1ccc([C@@H]2SCCN2S(=O)(=O)c2ccc(Br)cc2)cc1[N+](=O)[O-]. The molecule has 26 heavy (non-hydrogen) atoms. The van der Waals surface area contributed by atoms with E-state index >= 15 is 0 Å². The molecule has 7 nitrogen and oxygen atoms in total. The lowest BCUT2D eigenvalue weighted by Gasteiger charge is -2.23. The number of hydrogen-bond acceptors (Lipinski definition) is 6. The van der Waals surface area contributed by atoms with Gasteiger partial charge in [-0.15, -0.1) is 11.8 Å². The second-order valence-corrected chi connectivity index (χ2v) is 9.48. The molecular formula is C16H15BrN2O5S2. The summed E-state index contributed by atoms with van der Waals surface area (Å²) in [7, 11) is -2.35. The second kappa shape index (κ2) is 7.55. The van der Waals surface area contributed by atoms with Crippen LogP contribution < -0.4 is 4.74 Å². The molecule has 1 heterocycles. The highest BCUT2D eigenvalue weighted by Crippen LogP contribution is 2.43. The van der Waals surface area contributed by atoms with E-state index in [9.17, 15) is 18.5 Å². The molecule has 2 aromatic rings. The van der Waals surface area contributed by atoms with Crippen molar-refractivity contribution in [2.24, 2.45) is 0 Å². The number of hydrogen-bond donors (Lipinski definition) is 0. The summed E-state index contributed by atoms with van der Waals surface area (Å²) in [6.45, 7) is 0.341. The van der Waals surface area contributed by atoms with Crippen molar-refractivity contribution >= 4 is 43.4 Å². The predicted octanol–water partition coefficient (Wildman–Crippen LogP) is 3.80. The Hall–Kier alpha value is -1.62. The lowest BCUT2D eigenvalue weighted by molar-refractivity contribution is -0.385. The van der Waals surface area contributed by atoms with Crippen molar-refractivity contribution in [3.05, 3.63) is 62.6 Å². The number of rotatable bonds is 5. The van der Waals surface area contributed by atoms with Gasteiger partial charge in [-0.1, -0.05) is 22.0 Å². The maximum atomic E-state index is 13.0. The first kappa shape index (κ1) is 19.2. The number of methoxy groups -OCH3 is 1. The van der Waals surface area contributed by atoms with Crippen molar-refractivity contribution in [1.82, 2.24) is 4.31 Å². The zero-order valence-corrected chi connectivity index (χ0v) is 16.9. The van der Waals surface area contributed by atoms with Crippen molar-refractivity contribution in [3.8, 4) is 5.75 Å². The van der Waals surface area contributed by atoms with Crippen LogP contribution in [0.5, 0.6) is 5.75 Å². The normalized spacial score (nSPS) is 18.0. The zero-order chi connectivity index (χ0) is 18.9. The van der Waals surface area contributed by atoms with E-state index in [4.69, 9.17) is 4.74 Å². The summed E-state index contributed by atoms with van der Waals surface area (Å²) >= 11 is 4.73. The van der Waals surface area contributed by atoms with Crippen LogP contribution in [-0.4, -0.2) is 37.1 Å². The molecule has 1 aliphatic heterocycles. The molecule has 0 amide bonds. The van der Waals surface area contributed by atoms with Gasteiger partial charge < -0.3 is 4.74 Å². The van der Waals surface area contributed by atoms with Gasteiger partial charge in [0.05, 0.1) is 22.3 Å². The fourth-order valence-electron chi connectivity index (χ4n) is 2.71. The van der Waals surface area contributed by atoms with Gasteiger partial charge in [-0.2, -0.15) is 4.31 Å². The third-order valence-corrected chi connectivity index (χ3v) is 7.76. The maximum Gasteiger partial charge on any atom is 0.311 e. The van der Waals surface area contributed by atoms with E-state index in [1.54, 1.807) is 18.2 Å². The Labute approximate surface area is 163 Å². The third kappa shape index (κ3) is 3.59. The summed E-state index contributed by atoms with van der Waals surface area (Å²) in [5, 5.41) is 10.7. The van der Waals surface area contributed by atoms with Gasteiger partial charge in [0, 0.05) is 22.8 Å². The Morgan fingerprint density at radius 1 is 1.27 bits per heavy atom. The fraction of sp³-hybridized carbons (Fsp3) is 0.250. The van der Waals surface area contributed by atoms with Crippen LogP contribution >= 0.6 is 27.7 Å². The number of thioether (sulfide) groups is 1. The first-order valence-corrected chi connectivity index (χ1v) is 10.8. The molecule has 1 atom stereocenters. The molecule has 0 bridgehead atoms. The van der Waals surface area contributed by atoms with Crippen LogP contribution in [0.4, 0.5) is 5.69 Å². The fourth-order valence-corrected chi connectivity index (χ4v) is 6.20. The molecule has 0 spiro atoms. The van der Waals surface area contributed by atoms with Crippen LogP contribution in [0.3, 0.4) is 0 Å². The van der Waals surface area contributed by atoms with Gasteiger partial charge in [0.2, 0.25) is 10.0 Å². The van der Waals surface area contributed by atoms with E-state index in [0.29, 0.717) is 17.9 Å². The van der Waals surface area contributed by atoms with Gasteiger partial charge in [0.25, 0.3) is 0 Å². The van der Waals surface area contributed by atoms with Crippen LogP contribution in [-0.2, 0) is 10.0 Å². The van der Waals surface area contributed by atoms with Crippen molar-refractivity contribution in [1.29, 1.82) is 0 Å². The van der Waals surface area contributed by atoms with Gasteiger partial charge in [0.1, 0.15) is 0 Å². The van der Waals surface area contributed by atoms with Crippen molar-refractivity contribution < 1.29 is 18.1 Å². The number of nitrogens with zero attached hydrogens (tertiary/aromatic N) is 2. The van der Waals surface area contributed by atoms with Gasteiger partial charge in [-0.05, 0) is 35.9 Å². The van der Waals surface area contributed by atoms with Gasteiger partial charge in [0.15, 0.2) is 5.75 Å². The molecule has 0 N–H and O–H groups in total. The quantitative estimate of drug-likeness (QED) is 0.499. The molecule has 0 aliphatic carbocycles. The van der Waals surface area contributed by atoms with Crippen LogP contribution in [0, 0.1) is 10.1 Å². The van der Waals surface area contributed by atoms with E-state index in [0.717, 1.165) is 4.47 Å². The number of benzene rings is 2. The first-order chi connectivity index (χ1) is 12.3. The average Bonchev–Trinajstić information content (AvgIpc) is 3.12. The minimum absolute atomic E-state index is 0.143. The smallest absolute Gasteiger partial charge is 0.311 e. The van der Waals surface area contributed by atoms with E-state index < -0.39 is 20.3 Å². The Morgan fingerprint density at radius 2 is 1.96 bits per heavy atom. The summed E-state index contributed by atoms with van der Waals surface area (Å²) in [5.74, 6) is 0.754. The lowest BCUT2D eigenvalue weighted by atomic mass is 10.2. The molecule has 10 heteroatoms. The zero-order valence-electron chi connectivity index (χ0n) is 13.7. The summed E-state index contributed by atoms with van der Waals surface area (Å²) < 4.78 is 33.2. The molecule has 0 aromatic heterocycles. The van der Waals surface area contributed by atoms with Gasteiger partial charge in [-0.3, -0.25) is 10.1 Å². The third-order valence-electron chi connectivity index (χ3n) is 3.95. The van der Waals surface area contributed by atoms with Gasteiger partial charge in [-0.25, -0.2) is 8.42 Å².